The van der Waals surface area contributed by atoms with Gasteiger partial charge in [-0.05, 0) is 31.6 Å². The molecule has 0 heterocycles. The molecule has 1 rings (SSSR count). The highest BCUT2D eigenvalue weighted by Crippen LogP contribution is 2.23. The second-order valence-electron chi connectivity index (χ2n) is 4.04. The first-order valence-electron chi connectivity index (χ1n) is 5.30. The summed E-state index contributed by atoms with van der Waals surface area (Å²) < 4.78 is 28.7. The molecule has 4 heteroatoms. The Morgan fingerprint density at radius 1 is 1.21 bits per heavy atom. The lowest BCUT2D eigenvalue weighted by molar-refractivity contribution is 0.0433. The fraction of sp³-hybridized carbons (Fsp3) is 1.00. The maximum absolute atomic E-state index is 11.8. The van der Waals surface area contributed by atoms with E-state index in [1.54, 1.807) is 0 Å². The second kappa shape index (κ2) is 6.30. The lowest BCUT2D eigenvalue weighted by Gasteiger charge is -2.25. The van der Waals surface area contributed by atoms with E-state index in [1.807, 2.05) is 0 Å². The van der Waals surface area contributed by atoms with Gasteiger partial charge in [-0.15, -0.1) is 0 Å². The van der Waals surface area contributed by atoms with Crippen molar-refractivity contribution < 1.29 is 13.5 Å². The van der Waals surface area contributed by atoms with Gasteiger partial charge in [-0.3, -0.25) is 0 Å². The molecule has 1 saturated carbocycles. The van der Waals surface area contributed by atoms with Crippen LogP contribution in [0.1, 0.15) is 32.1 Å². The zero-order valence-corrected chi connectivity index (χ0v) is 8.42. The molecule has 2 nitrogen and oxygen atoms in total. The van der Waals surface area contributed by atoms with Crippen molar-refractivity contribution in [2.75, 3.05) is 13.2 Å². The second-order valence-corrected chi connectivity index (χ2v) is 4.04. The van der Waals surface area contributed by atoms with Gasteiger partial charge in [0.15, 0.2) is 0 Å². The normalized spacial score (nSPS) is 28.3. The van der Waals surface area contributed by atoms with Crippen LogP contribution < -0.4 is 5.73 Å². The Kier molecular flexibility index (Phi) is 5.33. The standard InChI is InChI=1S/C10H19F2NO/c11-10(12)5-6-14-7-8-1-3-9(13)4-2-8/h8-10H,1-7,13H2. The minimum atomic E-state index is -2.24. The minimum absolute atomic E-state index is 0.147. The smallest absolute Gasteiger partial charge is 0.240 e. The highest BCUT2D eigenvalue weighted by molar-refractivity contribution is 4.73. The van der Waals surface area contributed by atoms with Crippen LogP contribution >= 0.6 is 0 Å². The molecule has 0 atom stereocenters. The number of alkyl halides is 2. The molecule has 14 heavy (non-hydrogen) atoms. The Morgan fingerprint density at radius 2 is 1.86 bits per heavy atom. The first-order valence-corrected chi connectivity index (χ1v) is 5.30. The van der Waals surface area contributed by atoms with Crippen molar-refractivity contribution in [3.05, 3.63) is 0 Å². The third-order valence-electron chi connectivity index (χ3n) is 2.73. The van der Waals surface area contributed by atoms with E-state index in [0.29, 0.717) is 18.6 Å². The van der Waals surface area contributed by atoms with Crippen molar-refractivity contribution in [2.45, 2.75) is 44.6 Å². The van der Waals surface area contributed by atoms with Crippen LogP contribution in [0.25, 0.3) is 0 Å². The number of rotatable bonds is 5. The van der Waals surface area contributed by atoms with E-state index in [9.17, 15) is 8.78 Å². The molecule has 84 valence electrons. The molecule has 0 saturated heterocycles. The molecular weight excluding hydrogens is 188 g/mol. The monoisotopic (exact) mass is 207 g/mol. The van der Waals surface area contributed by atoms with Crippen molar-refractivity contribution in [2.24, 2.45) is 11.7 Å². The van der Waals surface area contributed by atoms with Crippen molar-refractivity contribution in [1.29, 1.82) is 0 Å². The summed E-state index contributed by atoms with van der Waals surface area (Å²) in [6.45, 7) is 0.805. The quantitative estimate of drug-likeness (QED) is 0.701. The fourth-order valence-corrected chi connectivity index (χ4v) is 1.78. The molecule has 0 spiro atoms. The summed E-state index contributed by atoms with van der Waals surface area (Å²) in [6, 6.07) is 0.340. The predicted octanol–water partition coefficient (Wildman–Crippen LogP) is 2.18. The lowest BCUT2D eigenvalue weighted by atomic mass is 9.87. The van der Waals surface area contributed by atoms with Gasteiger partial charge in [0, 0.05) is 19.1 Å². The zero-order chi connectivity index (χ0) is 10.4. The van der Waals surface area contributed by atoms with Gasteiger partial charge < -0.3 is 10.5 Å². The third kappa shape index (κ3) is 4.86. The summed E-state index contributed by atoms with van der Waals surface area (Å²) in [4.78, 5) is 0. The molecule has 0 bridgehead atoms. The van der Waals surface area contributed by atoms with Gasteiger partial charge in [0.25, 0.3) is 0 Å². The Hall–Kier alpha value is -0.220. The Labute approximate surface area is 83.8 Å². The van der Waals surface area contributed by atoms with Gasteiger partial charge >= 0.3 is 0 Å². The van der Waals surface area contributed by atoms with Crippen LogP contribution in [0, 0.1) is 5.92 Å². The Bertz CT molecular complexity index is 147. The Morgan fingerprint density at radius 3 is 2.43 bits per heavy atom. The molecule has 0 aromatic carbocycles. The SMILES string of the molecule is NC1CCC(COCCC(F)F)CC1. The molecule has 1 aliphatic carbocycles. The van der Waals surface area contributed by atoms with Gasteiger partial charge in [0.1, 0.15) is 0 Å². The maximum atomic E-state index is 11.8. The van der Waals surface area contributed by atoms with Crippen LogP contribution in [-0.2, 0) is 4.74 Å². The molecule has 0 aromatic heterocycles. The van der Waals surface area contributed by atoms with E-state index in [-0.39, 0.29) is 13.0 Å². The van der Waals surface area contributed by atoms with Crippen molar-refractivity contribution in [3.8, 4) is 0 Å². The summed E-state index contributed by atoms with van der Waals surface area (Å²) in [5, 5.41) is 0. The molecule has 0 amide bonds. The van der Waals surface area contributed by atoms with Crippen molar-refractivity contribution in [1.82, 2.24) is 0 Å². The van der Waals surface area contributed by atoms with E-state index in [4.69, 9.17) is 10.5 Å². The first-order chi connectivity index (χ1) is 6.68. The number of halogens is 2. The number of hydrogen-bond donors (Lipinski definition) is 1. The first kappa shape index (κ1) is 11.9. The van der Waals surface area contributed by atoms with Crippen molar-refractivity contribution >= 4 is 0 Å². The maximum Gasteiger partial charge on any atom is 0.240 e. The zero-order valence-electron chi connectivity index (χ0n) is 8.42. The van der Waals surface area contributed by atoms with E-state index in [0.717, 1.165) is 25.7 Å². The molecular formula is C10H19F2NO. The largest absolute Gasteiger partial charge is 0.381 e. The molecule has 0 unspecified atom stereocenters. The molecule has 1 fully saturated rings. The van der Waals surface area contributed by atoms with E-state index >= 15 is 0 Å². The molecule has 0 radical (unpaired) electrons. The van der Waals surface area contributed by atoms with E-state index in [2.05, 4.69) is 0 Å². The van der Waals surface area contributed by atoms with Gasteiger partial charge in [0.05, 0.1) is 6.61 Å². The van der Waals surface area contributed by atoms with Gasteiger partial charge in [-0.1, -0.05) is 0 Å². The van der Waals surface area contributed by atoms with E-state index < -0.39 is 6.43 Å². The van der Waals surface area contributed by atoms with Crippen molar-refractivity contribution in [3.63, 3.8) is 0 Å². The number of nitrogens with two attached hydrogens (primary N) is 1. The van der Waals surface area contributed by atoms with Gasteiger partial charge in [-0.25, -0.2) is 8.78 Å². The lowest BCUT2D eigenvalue weighted by Crippen LogP contribution is -2.28. The molecule has 2 N–H and O–H groups in total. The summed E-state index contributed by atoms with van der Waals surface area (Å²) >= 11 is 0. The molecule has 0 aromatic rings. The summed E-state index contributed by atoms with van der Waals surface area (Å²) in [5.74, 6) is 0.535. The summed E-state index contributed by atoms with van der Waals surface area (Å²) in [7, 11) is 0. The van der Waals surface area contributed by atoms with Crippen LogP contribution in [0.15, 0.2) is 0 Å². The Balaban J connectivity index is 1.96. The topological polar surface area (TPSA) is 35.2 Å². The predicted molar refractivity (Wildman–Crippen MR) is 51.4 cm³/mol. The van der Waals surface area contributed by atoms with Gasteiger partial charge in [0.2, 0.25) is 6.43 Å². The summed E-state index contributed by atoms with van der Waals surface area (Å²) in [5.41, 5.74) is 5.75. The van der Waals surface area contributed by atoms with Crippen LogP contribution in [0.4, 0.5) is 8.78 Å². The fourth-order valence-electron chi connectivity index (χ4n) is 1.78. The highest BCUT2D eigenvalue weighted by atomic mass is 19.3. The van der Waals surface area contributed by atoms with Crippen LogP contribution in [0.5, 0.6) is 0 Å². The molecule has 0 aliphatic heterocycles. The van der Waals surface area contributed by atoms with E-state index in [1.165, 1.54) is 0 Å². The average Bonchev–Trinajstić information content (AvgIpc) is 2.15. The summed E-state index contributed by atoms with van der Waals surface area (Å²) in [6.07, 6.45) is 1.86. The highest BCUT2D eigenvalue weighted by Gasteiger charge is 2.18. The van der Waals surface area contributed by atoms with Crippen LogP contribution in [-0.4, -0.2) is 25.7 Å². The number of hydrogen-bond acceptors (Lipinski definition) is 2. The van der Waals surface area contributed by atoms with Gasteiger partial charge in [-0.2, -0.15) is 0 Å². The van der Waals surface area contributed by atoms with Crippen LogP contribution in [0.2, 0.25) is 0 Å². The average molecular weight is 207 g/mol. The minimum Gasteiger partial charge on any atom is -0.381 e. The van der Waals surface area contributed by atoms with Crippen LogP contribution in [0.3, 0.4) is 0 Å². The number of ether oxygens (including phenoxy) is 1. The molecule has 1 aliphatic rings. The third-order valence-corrected chi connectivity index (χ3v) is 2.73.